The molecular weight excluding hydrogens is 677 g/mol. The molecule has 7 rings (SSSR count). The topological polar surface area (TPSA) is 71.2 Å². The van der Waals surface area contributed by atoms with Gasteiger partial charge in [0.15, 0.2) is 6.29 Å². The molecule has 288 valence electrons. The van der Waals surface area contributed by atoms with Gasteiger partial charge in [0.2, 0.25) is 0 Å². The molecule has 2 heterocycles. The number of hydrogen-bond acceptors (Lipinski definition) is 7. The maximum Gasteiger partial charge on any atom is 0.197 e. The van der Waals surface area contributed by atoms with E-state index in [0.717, 1.165) is 68.3 Å². The van der Waals surface area contributed by atoms with Crippen LogP contribution in [-0.4, -0.2) is 57.1 Å². The quantitative estimate of drug-likeness (QED) is 0.0745. The van der Waals surface area contributed by atoms with Crippen LogP contribution in [0.2, 0.25) is 0 Å². The molecule has 54 heavy (non-hydrogen) atoms. The highest BCUT2D eigenvalue weighted by Crippen LogP contribution is 2.36. The second kappa shape index (κ2) is 16.8. The summed E-state index contributed by atoms with van der Waals surface area (Å²) >= 11 is 0. The van der Waals surface area contributed by atoms with Crippen LogP contribution in [-0.2, 0) is 25.0 Å². The van der Waals surface area contributed by atoms with Crippen LogP contribution in [0.1, 0.15) is 95.9 Å². The van der Waals surface area contributed by atoms with Gasteiger partial charge >= 0.3 is 0 Å². The predicted molar refractivity (Wildman–Crippen MR) is 212 cm³/mol. The first-order chi connectivity index (χ1) is 26.0. The van der Waals surface area contributed by atoms with E-state index >= 15 is 0 Å². The summed E-state index contributed by atoms with van der Waals surface area (Å²) < 4.78 is 41.1. The first-order valence-electron chi connectivity index (χ1n) is 19.9. The monoisotopic (exact) mass is 734 g/mol. The van der Waals surface area contributed by atoms with E-state index in [1.165, 1.54) is 22.3 Å². The number of rotatable bonds is 18. The van der Waals surface area contributed by atoms with Gasteiger partial charge in [-0.1, -0.05) is 76.2 Å². The van der Waals surface area contributed by atoms with E-state index in [0.29, 0.717) is 19.1 Å². The molecule has 4 aromatic carbocycles. The van der Waals surface area contributed by atoms with Crippen LogP contribution in [0.5, 0.6) is 23.0 Å². The first-order valence-corrected chi connectivity index (χ1v) is 19.9. The normalized spacial score (nSPS) is 22.2. The minimum atomic E-state index is -0.310. The van der Waals surface area contributed by atoms with E-state index in [1.54, 1.807) is 0 Å². The van der Waals surface area contributed by atoms with Crippen molar-refractivity contribution in [1.29, 1.82) is 0 Å². The summed E-state index contributed by atoms with van der Waals surface area (Å²) in [6.45, 7) is 16.0. The molecule has 4 aromatic rings. The van der Waals surface area contributed by atoms with Crippen molar-refractivity contribution < 1.29 is 33.2 Å². The van der Waals surface area contributed by atoms with Crippen LogP contribution in [0.4, 0.5) is 0 Å². The molecule has 7 nitrogen and oxygen atoms in total. The Kier molecular flexibility index (Phi) is 11.9. The fourth-order valence-electron chi connectivity index (χ4n) is 7.62. The summed E-state index contributed by atoms with van der Waals surface area (Å²) in [7, 11) is 0. The summed E-state index contributed by atoms with van der Waals surface area (Å²) in [5.74, 6) is 4.14. The zero-order valence-electron chi connectivity index (χ0n) is 32.9. The summed E-state index contributed by atoms with van der Waals surface area (Å²) in [5, 5.41) is 0. The van der Waals surface area contributed by atoms with Gasteiger partial charge in [0, 0.05) is 10.8 Å². The molecule has 2 aliphatic heterocycles. The standard InChI is InChI=1S/C47H58O7/c1-32(52-41-23-13-37(14-24-41)46(3,4)35-9-19-39(20-10-35)48-28-44-30-50-44)27-34-7-17-42(18-8-34)53-33(2)54-43-25-15-38(16-26-43)47(5,6)36-11-21-40(22-12-36)49-29-45-31-51-45/h9-16,19-26,32-34,42,44-45H,7-8,17-18,27-31H2,1-6H3. The van der Waals surface area contributed by atoms with Gasteiger partial charge in [0.05, 0.1) is 25.4 Å². The Hall–Kier alpha value is -4.04. The Labute approximate surface area is 322 Å². The maximum absolute atomic E-state index is 6.41. The molecular formula is C47H58O7. The maximum atomic E-state index is 6.41. The molecule has 1 aliphatic carbocycles. The van der Waals surface area contributed by atoms with E-state index in [-0.39, 0.29) is 41.5 Å². The van der Waals surface area contributed by atoms with Crippen LogP contribution in [0.25, 0.3) is 0 Å². The van der Waals surface area contributed by atoms with Crippen LogP contribution in [0, 0.1) is 5.92 Å². The zero-order chi connectivity index (χ0) is 37.7. The van der Waals surface area contributed by atoms with Gasteiger partial charge in [-0.3, -0.25) is 0 Å². The van der Waals surface area contributed by atoms with Gasteiger partial charge in [-0.05, 0) is 123 Å². The van der Waals surface area contributed by atoms with Crippen molar-refractivity contribution in [3.63, 3.8) is 0 Å². The van der Waals surface area contributed by atoms with Crippen LogP contribution < -0.4 is 18.9 Å². The molecule has 0 N–H and O–H groups in total. The third kappa shape index (κ3) is 10.2. The average Bonchev–Trinajstić information content (AvgIpc) is 4.11. The summed E-state index contributed by atoms with van der Waals surface area (Å²) in [6.07, 6.45) is 5.98. The Balaban J connectivity index is 0.814. The molecule has 4 unspecified atom stereocenters. The second-order valence-electron chi connectivity index (χ2n) is 16.5. The van der Waals surface area contributed by atoms with Crippen molar-refractivity contribution in [1.82, 2.24) is 0 Å². The number of epoxide rings is 2. The van der Waals surface area contributed by atoms with E-state index < -0.39 is 0 Å². The highest BCUT2D eigenvalue weighted by molar-refractivity contribution is 5.43. The Morgan fingerprint density at radius 2 is 0.907 bits per heavy atom. The summed E-state index contributed by atoms with van der Waals surface area (Å²) in [5.41, 5.74) is 4.67. The summed E-state index contributed by atoms with van der Waals surface area (Å²) in [4.78, 5) is 0. The number of ether oxygens (including phenoxy) is 7. The van der Waals surface area contributed by atoms with Gasteiger partial charge in [-0.2, -0.15) is 0 Å². The minimum absolute atomic E-state index is 0.136. The first kappa shape index (κ1) is 38.2. The molecule has 3 aliphatic rings. The summed E-state index contributed by atoms with van der Waals surface area (Å²) in [6, 6.07) is 33.9. The molecule has 0 aromatic heterocycles. The van der Waals surface area contributed by atoms with Crippen LogP contribution in [0.3, 0.4) is 0 Å². The molecule has 0 amide bonds. The Morgan fingerprint density at radius 1 is 0.537 bits per heavy atom. The Bertz CT molecular complexity index is 1620. The number of benzene rings is 4. The fourth-order valence-corrected chi connectivity index (χ4v) is 7.62. The lowest BCUT2D eigenvalue weighted by atomic mass is 9.78. The molecule has 1 saturated carbocycles. The highest BCUT2D eigenvalue weighted by atomic mass is 16.7. The third-order valence-corrected chi connectivity index (χ3v) is 11.5. The van der Waals surface area contributed by atoms with Gasteiger partial charge in [-0.15, -0.1) is 0 Å². The van der Waals surface area contributed by atoms with E-state index in [2.05, 4.69) is 120 Å². The average molecular weight is 735 g/mol. The van der Waals surface area contributed by atoms with Gasteiger partial charge < -0.3 is 33.2 Å². The minimum Gasteiger partial charge on any atom is -0.491 e. The van der Waals surface area contributed by atoms with Gasteiger partial charge in [-0.25, -0.2) is 0 Å². The lowest BCUT2D eigenvalue weighted by Gasteiger charge is -2.32. The van der Waals surface area contributed by atoms with Gasteiger partial charge in [0.1, 0.15) is 48.4 Å². The molecule has 0 radical (unpaired) electrons. The SMILES string of the molecule is CC(CC1CCC(OC(C)Oc2ccc(C(C)(C)c3ccc(OCC4CO4)cc3)cc2)CC1)Oc1ccc(C(C)(C)c2ccc(OCC3CO3)cc2)cc1. The molecule has 2 saturated heterocycles. The molecule has 3 fully saturated rings. The highest BCUT2D eigenvalue weighted by Gasteiger charge is 2.28. The molecule has 0 spiro atoms. The van der Waals surface area contributed by atoms with Crippen molar-refractivity contribution in [3.05, 3.63) is 119 Å². The van der Waals surface area contributed by atoms with Crippen molar-refractivity contribution in [2.24, 2.45) is 5.92 Å². The predicted octanol–water partition coefficient (Wildman–Crippen LogP) is 10.1. The van der Waals surface area contributed by atoms with Crippen LogP contribution >= 0.6 is 0 Å². The molecule has 4 atom stereocenters. The van der Waals surface area contributed by atoms with Crippen molar-refractivity contribution in [3.8, 4) is 23.0 Å². The van der Waals surface area contributed by atoms with E-state index in [1.807, 2.05) is 19.1 Å². The van der Waals surface area contributed by atoms with Crippen molar-refractivity contribution >= 4 is 0 Å². The lowest BCUT2D eigenvalue weighted by Crippen LogP contribution is -2.29. The van der Waals surface area contributed by atoms with E-state index in [4.69, 9.17) is 33.2 Å². The molecule has 7 heteroatoms. The smallest absolute Gasteiger partial charge is 0.197 e. The van der Waals surface area contributed by atoms with Crippen LogP contribution in [0.15, 0.2) is 97.1 Å². The third-order valence-electron chi connectivity index (χ3n) is 11.5. The second-order valence-corrected chi connectivity index (χ2v) is 16.5. The lowest BCUT2D eigenvalue weighted by molar-refractivity contribution is -0.120. The van der Waals surface area contributed by atoms with Gasteiger partial charge in [0.25, 0.3) is 0 Å². The number of hydrogen-bond donors (Lipinski definition) is 0. The Morgan fingerprint density at radius 3 is 1.30 bits per heavy atom. The van der Waals surface area contributed by atoms with Crippen molar-refractivity contribution in [2.75, 3.05) is 26.4 Å². The van der Waals surface area contributed by atoms with E-state index in [9.17, 15) is 0 Å². The molecule has 0 bridgehead atoms. The van der Waals surface area contributed by atoms with Crippen molar-refractivity contribution in [2.45, 2.75) is 115 Å². The zero-order valence-corrected chi connectivity index (χ0v) is 32.9. The fraction of sp³-hybridized carbons (Fsp3) is 0.489. The largest absolute Gasteiger partial charge is 0.491 e.